The summed E-state index contributed by atoms with van der Waals surface area (Å²) in [6, 6.07) is 0. The van der Waals surface area contributed by atoms with Crippen LogP contribution in [-0.2, 0) is 9.57 Å². The molecule has 1 heterocycles. The van der Waals surface area contributed by atoms with Gasteiger partial charge in [0.05, 0.1) is 18.9 Å². The van der Waals surface area contributed by atoms with Gasteiger partial charge in [0.25, 0.3) is 0 Å². The highest BCUT2D eigenvalue weighted by molar-refractivity contribution is 5.84. The molecular formula is C8H15NO2. The first-order chi connectivity index (χ1) is 5.29. The van der Waals surface area contributed by atoms with E-state index < -0.39 is 0 Å². The second kappa shape index (κ2) is 4.34. The maximum Gasteiger partial charge on any atom is 0.122 e. The summed E-state index contributed by atoms with van der Waals surface area (Å²) in [7, 11) is 0. The van der Waals surface area contributed by atoms with Crippen molar-refractivity contribution in [3.63, 3.8) is 0 Å². The maximum absolute atomic E-state index is 5.17. The van der Waals surface area contributed by atoms with Gasteiger partial charge in [-0.2, -0.15) is 0 Å². The van der Waals surface area contributed by atoms with Crippen LogP contribution in [0.4, 0.5) is 0 Å². The zero-order valence-electron chi connectivity index (χ0n) is 7.17. The molecule has 1 aliphatic heterocycles. The Kier molecular flexibility index (Phi) is 3.36. The van der Waals surface area contributed by atoms with Crippen LogP contribution < -0.4 is 0 Å². The van der Waals surface area contributed by atoms with Crippen molar-refractivity contribution in [3.8, 4) is 0 Å². The van der Waals surface area contributed by atoms with Crippen molar-refractivity contribution in [2.75, 3.05) is 13.2 Å². The van der Waals surface area contributed by atoms with Crippen molar-refractivity contribution >= 4 is 5.71 Å². The van der Waals surface area contributed by atoms with Crippen molar-refractivity contribution in [1.82, 2.24) is 0 Å². The monoisotopic (exact) mass is 157 g/mol. The fraction of sp³-hybridized carbons (Fsp3) is 0.875. The van der Waals surface area contributed by atoms with Crippen LogP contribution in [0.1, 0.15) is 26.7 Å². The fourth-order valence-corrected chi connectivity index (χ4v) is 0.878. The molecule has 64 valence electrons. The quantitative estimate of drug-likeness (QED) is 0.570. The molecule has 1 fully saturated rings. The minimum absolute atomic E-state index is 0.186. The molecular weight excluding hydrogens is 142 g/mol. The minimum atomic E-state index is 0.186. The molecule has 3 nitrogen and oxygen atoms in total. The Balaban J connectivity index is 2.26. The number of hydrogen-bond donors (Lipinski definition) is 0. The van der Waals surface area contributed by atoms with E-state index in [4.69, 9.17) is 9.57 Å². The SMILES string of the molecule is CC(C)ON=C1CCOCC1. The lowest BCUT2D eigenvalue weighted by Gasteiger charge is -2.13. The average molecular weight is 157 g/mol. The Bertz CT molecular complexity index is 135. The van der Waals surface area contributed by atoms with Gasteiger partial charge in [-0.3, -0.25) is 0 Å². The molecule has 0 amide bonds. The highest BCUT2D eigenvalue weighted by Gasteiger charge is 2.07. The van der Waals surface area contributed by atoms with Gasteiger partial charge in [-0.25, -0.2) is 0 Å². The average Bonchev–Trinajstić information content (AvgIpc) is 2.03. The molecule has 0 atom stereocenters. The molecule has 1 saturated heterocycles. The molecule has 0 aromatic carbocycles. The van der Waals surface area contributed by atoms with E-state index in [1.165, 1.54) is 0 Å². The van der Waals surface area contributed by atoms with E-state index in [9.17, 15) is 0 Å². The first-order valence-corrected chi connectivity index (χ1v) is 4.08. The summed E-state index contributed by atoms with van der Waals surface area (Å²) >= 11 is 0. The predicted octanol–water partition coefficient (Wildman–Crippen LogP) is 1.58. The Morgan fingerprint density at radius 3 is 2.55 bits per heavy atom. The molecule has 1 rings (SSSR count). The van der Waals surface area contributed by atoms with Crippen LogP contribution in [0.15, 0.2) is 5.16 Å². The molecule has 0 spiro atoms. The Hall–Kier alpha value is -0.570. The molecule has 0 radical (unpaired) electrons. The number of hydrogen-bond acceptors (Lipinski definition) is 3. The van der Waals surface area contributed by atoms with Crippen molar-refractivity contribution in [2.45, 2.75) is 32.8 Å². The first kappa shape index (κ1) is 8.53. The molecule has 0 N–H and O–H groups in total. The standard InChI is InChI=1S/C8H15NO2/c1-7(2)11-9-8-3-5-10-6-4-8/h7H,3-6H2,1-2H3. The van der Waals surface area contributed by atoms with Gasteiger partial charge in [0.15, 0.2) is 0 Å². The molecule has 0 aromatic heterocycles. The van der Waals surface area contributed by atoms with Gasteiger partial charge in [-0.15, -0.1) is 0 Å². The summed E-state index contributed by atoms with van der Waals surface area (Å²) in [4.78, 5) is 5.11. The molecule has 0 aliphatic carbocycles. The van der Waals surface area contributed by atoms with Crippen LogP contribution in [-0.4, -0.2) is 25.0 Å². The van der Waals surface area contributed by atoms with Gasteiger partial charge >= 0.3 is 0 Å². The van der Waals surface area contributed by atoms with E-state index in [2.05, 4.69) is 5.16 Å². The van der Waals surface area contributed by atoms with Crippen molar-refractivity contribution in [3.05, 3.63) is 0 Å². The third kappa shape index (κ3) is 3.37. The summed E-state index contributed by atoms with van der Waals surface area (Å²) in [5.41, 5.74) is 1.13. The van der Waals surface area contributed by atoms with Crippen molar-refractivity contribution < 1.29 is 9.57 Å². The molecule has 0 aromatic rings. The zero-order chi connectivity index (χ0) is 8.10. The van der Waals surface area contributed by atoms with E-state index in [-0.39, 0.29) is 6.10 Å². The topological polar surface area (TPSA) is 30.8 Å². The third-order valence-electron chi connectivity index (χ3n) is 1.46. The molecule has 0 bridgehead atoms. The van der Waals surface area contributed by atoms with Crippen LogP contribution in [0.5, 0.6) is 0 Å². The summed E-state index contributed by atoms with van der Waals surface area (Å²) in [6.07, 6.45) is 2.03. The smallest absolute Gasteiger partial charge is 0.122 e. The van der Waals surface area contributed by atoms with E-state index in [0.29, 0.717) is 0 Å². The van der Waals surface area contributed by atoms with Gasteiger partial charge < -0.3 is 9.57 Å². The van der Waals surface area contributed by atoms with Gasteiger partial charge in [0, 0.05) is 12.8 Å². The van der Waals surface area contributed by atoms with E-state index in [0.717, 1.165) is 31.8 Å². The molecule has 0 saturated carbocycles. The molecule has 3 heteroatoms. The highest BCUT2D eigenvalue weighted by atomic mass is 16.6. The van der Waals surface area contributed by atoms with Crippen LogP contribution >= 0.6 is 0 Å². The Morgan fingerprint density at radius 2 is 2.00 bits per heavy atom. The van der Waals surface area contributed by atoms with Gasteiger partial charge in [0.1, 0.15) is 6.10 Å². The Morgan fingerprint density at radius 1 is 1.36 bits per heavy atom. The number of ether oxygens (including phenoxy) is 1. The maximum atomic E-state index is 5.17. The van der Waals surface area contributed by atoms with E-state index >= 15 is 0 Å². The lowest BCUT2D eigenvalue weighted by molar-refractivity contribution is 0.0790. The second-order valence-electron chi connectivity index (χ2n) is 2.92. The number of rotatable bonds is 2. The van der Waals surface area contributed by atoms with Crippen LogP contribution in [0, 0.1) is 0 Å². The highest BCUT2D eigenvalue weighted by Crippen LogP contribution is 2.03. The summed E-state index contributed by atoms with van der Waals surface area (Å²) in [6.45, 7) is 5.54. The molecule has 11 heavy (non-hydrogen) atoms. The molecule has 1 aliphatic rings. The van der Waals surface area contributed by atoms with E-state index in [1.54, 1.807) is 0 Å². The van der Waals surface area contributed by atoms with E-state index in [1.807, 2.05) is 13.8 Å². The summed E-state index contributed by atoms with van der Waals surface area (Å²) in [5.74, 6) is 0. The normalized spacial score (nSPS) is 18.6. The van der Waals surface area contributed by atoms with Gasteiger partial charge in [-0.05, 0) is 13.8 Å². The largest absolute Gasteiger partial charge is 0.393 e. The molecule has 0 unspecified atom stereocenters. The van der Waals surface area contributed by atoms with Gasteiger partial charge in [-0.1, -0.05) is 5.16 Å². The van der Waals surface area contributed by atoms with Crippen LogP contribution in [0.2, 0.25) is 0 Å². The Labute approximate surface area is 67.4 Å². The van der Waals surface area contributed by atoms with Crippen LogP contribution in [0.3, 0.4) is 0 Å². The lowest BCUT2D eigenvalue weighted by atomic mass is 10.2. The number of oxime groups is 1. The fourth-order valence-electron chi connectivity index (χ4n) is 0.878. The van der Waals surface area contributed by atoms with Crippen molar-refractivity contribution in [1.29, 1.82) is 0 Å². The summed E-state index contributed by atoms with van der Waals surface area (Å²) in [5, 5.41) is 4.02. The first-order valence-electron chi connectivity index (χ1n) is 4.08. The predicted molar refractivity (Wildman–Crippen MR) is 43.7 cm³/mol. The number of nitrogens with zero attached hydrogens (tertiary/aromatic N) is 1. The zero-order valence-corrected chi connectivity index (χ0v) is 7.17. The van der Waals surface area contributed by atoms with Crippen LogP contribution in [0.25, 0.3) is 0 Å². The van der Waals surface area contributed by atoms with Gasteiger partial charge in [0.2, 0.25) is 0 Å². The van der Waals surface area contributed by atoms with Crippen molar-refractivity contribution in [2.24, 2.45) is 5.16 Å². The third-order valence-corrected chi connectivity index (χ3v) is 1.46. The summed E-state index contributed by atoms with van der Waals surface area (Å²) < 4.78 is 5.17. The lowest BCUT2D eigenvalue weighted by Crippen LogP contribution is -2.16. The minimum Gasteiger partial charge on any atom is -0.393 e. The second-order valence-corrected chi connectivity index (χ2v) is 2.92.